The Balaban J connectivity index is 2.57. The highest BCUT2D eigenvalue weighted by atomic mass is 19.1. The Kier molecular flexibility index (Phi) is 2.13. The molecule has 3 nitrogen and oxygen atoms in total. The van der Waals surface area contributed by atoms with E-state index in [4.69, 9.17) is 5.73 Å². The van der Waals surface area contributed by atoms with Crippen molar-refractivity contribution in [3.05, 3.63) is 0 Å². The van der Waals surface area contributed by atoms with Gasteiger partial charge in [0.1, 0.15) is 0 Å². The molecule has 1 unspecified atom stereocenters. The first-order valence-electron chi connectivity index (χ1n) is 3.79. The summed E-state index contributed by atoms with van der Waals surface area (Å²) in [6, 6.07) is 0. The molecule has 2 N–H and O–H groups in total. The van der Waals surface area contributed by atoms with Gasteiger partial charge < -0.3 is 5.73 Å². The molecule has 0 aromatic heterocycles. The fraction of sp³-hybridized carbons (Fsp3) is 0.857. The Morgan fingerprint density at radius 1 is 1.82 bits per heavy atom. The quantitative estimate of drug-likeness (QED) is 0.613. The van der Waals surface area contributed by atoms with Crippen LogP contribution >= 0.6 is 0 Å². The third-order valence-electron chi connectivity index (χ3n) is 2.19. The predicted octanol–water partition coefficient (Wildman–Crippen LogP) is -0.0944. The predicted molar refractivity (Wildman–Crippen MR) is 39.8 cm³/mol. The number of nitrogens with zero attached hydrogens (tertiary/aromatic N) is 1. The van der Waals surface area contributed by atoms with Gasteiger partial charge in [-0.2, -0.15) is 0 Å². The first-order chi connectivity index (χ1) is 5.08. The van der Waals surface area contributed by atoms with Gasteiger partial charge in [-0.05, 0) is 6.54 Å². The Hall–Kier alpha value is -0.640. The minimum absolute atomic E-state index is 0.166. The van der Waals surface area contributed by atoms with Crippen molar-refractivity contribution < 1.29 is 9.18 Å². The Labute approximate surface area is 65.3 Å². The summed E-state index contributed by atoms with van der Waals surface area (Å²) >= 11 is 0. The van der Waals surface area contributed by atoms with Crippen molar-refractivity contribution >= 4 is 5.91 Å². The summed E-state index contributed by atoms with van der Waals surface area (Å²) in [6.45, 7) is 3.51. The number of nitrogens with two attached hydrogens (primary N) is 1. The van der Waals surface area contributed by atoms with E-state index in [2.05, 4.69) is 0 Å². The number of hydrogen-bond acceptors (Lipinski definition) is 2. The van der Waals surface area contributed by atoms with Crippen molar-refractivity contribution in [1.82, 2.24) is 4.90 Å². The van der Waals surface area contributed by atoms with Gasteiger partial charge in [0.2, 0.25) is 5.67 Å². The monoisotopic (exact) mass is 160 g/mol. The largest absolute Gasteiger partial charge is 0.367 e. The Morgan fingerprint density at radius 3 is 2.73 bits per heavy atom. The SMILES string of the molecule is CCN1CCC(F)(C(N)=O)C1. The molecule has 0 bridgehead atoms. The van der Waals surface area contributed by atoms with Crippen LogP contribution in [0.15, 0.2) is 0 Å². The van der Waals surface area contributed by atoms with Crippen LogP contribution in [0.25, 0.3) is 0 Å². The van der Waals surface area contributed by atoms with E-state index in [0.717, 1.165) is 6.54 Å². The number of alkyl halides is 1. The van der Waals surface area contributed by atoms with E-state index in [0.29, 0.717) is 6.54 Å². The fourth-order valence-corrected chi connectivity index (χ4v) is 1.32. The van der Waals surface area contributed by atoms with E-state index in [1.807, 2.05) is 11.8 Å². The van der Waals surface area contributed by atoms with Crippen molar-refractivity contribution in [3.63, 3.8) is 0 Å². The lowest BCUT2D eigenvalue weighted by atomic mass is 10.1. The number of amides is 1. The third kappa shape index (κ3) is 1.50. The average molecular weight is 160 g/mol. The molecule has 11 heavy (non-hydrogen) atoms. The molecule has 0 saturated carbocycles. The molecule has 1 aliphatic heterocycles. The molecule has 1 rings (SSSR count). The van der Waals surface area contributed by atoms with Crippen molar-refractivity contribution in [2.45, 2.75) is 19.0 Å². The van der Waals surface area contributed by atoms with Gasteiger partial charge in [-0.15, -0.1) is 0 Å². The van der Waals surface area contributed by atoms with Crippen LogP contribution in [0, 0.1) is 0 Å². The maximum Gasteiger partial charge on any atom is 0.256 e. The molecule has 1 saturated heterocycles. The van der Waals surface area contributed by atoms with Gasteiger partial charge in [0.05, 0.1) is 0 Å². The van der Waals surface area contributed by atoms with Crippen LogP contribution in [-0.2, 0) is 4.79 Å². The summed E-state index contributed by atoms with van der Waals surface area (Å²) in [5.41, 5.74) is 3.14. The zero-order valence-corrected chi connectivity index (χ0v) is 6.64. The lowest BCUT2D eigenvalue weighted by Gasteiger charge is -2.15. The summed E-state index contributed by atoms with van der Waals surface area (Å²) < 4.78 is 13.4. The van der Waals surface area contributed by atoms with Gasteiger partial charge in [-0.3, -0.25) is 9.69 Å². The van der Waals surface area contributed by atoms with Crippen LogP contribution in [0.1, 0.15) is 13.3 Å². The average Bonchev–Trinajstić information content (AvgIpc) is 2.33. The van der Waals surface area contributed by atoms with Crippen molar-refractivity contribution in [2.24, 2.45) is 5.73 Å². The standard InChI is InChI=1S/C7H13FN2O/c1-2-10-4-3-7(8,5-10)6(9)11/h2-5H2,1H3,(H2,9,11). The number of primary amides is 1. The molecule has 64 valence electrons. The summed E-state index contributed by atoms with van der Waals surface area (Å²) in [6.07, 6.45) is 0.246. The normalized spacial score (nSPS) is 32.5. The molecule has 1 heterocycles. The number of hydrogen-bond donors (Lipinski definition) is 1. The van der Waals surface area contributed by atoms with Gasteiger partial charge in [0.15, 0.2) is 0 Å². The first-order valence-corrected chi connectivity index (χ1v) is 3.79. The summed E-state index contributed by atoms with van der Waals surface area (Å²) in [4.78, 5) is 12.5. The molecule has 1 amide bonds. The summed E-state index contributed by atoms with van der Waals surface area (Å²) in [7, 11) is 0. The smallest absolute Gasteiger partial charge is 0.256 e. The number of carbonyl (C=O) groups is 1. The van der Waals surface area contributed by atoms with Crippen LogP contribution in [0.2, 0.25) is 0 Å². The van der Waals surface area contributed by atoms with Crippen LogP contribution in [0.3, 0.4) is 0 Å². The zero-order chi connectivity index (χ0) is 8.48. The van der Waals surface area contributed by atoms with Crippen molar-refractivity contribution in [1.29, 1.82) is 0 Å². The second-order valence-corrected chi connectivity index (χ2v) is 2.95. The molecule has 1 fully saturated rings. The third-order valence-corrected chi connectivity index (χ3v) is 2.19. The van der Waals surface area contributed by atoms with Crippen LogP contribution < -0.4 is 5.73 Å². The Bertz CT molecular complexity index is 174. The van der Waals surface area contributed by atoms with Gasteiger partial charge in [-0.1, -0.05) is 6.92 Å². The fourth-order valence-electron chi connectivity index (χ4n) is 1.32. The number of halogens is 1. The zero-order valence-electron chi connectivity index (χ0n) is 6.64. The van der Waals surface area contributed by atoms with E-state index < -0.39 is 11.6 Å². The second kappa shape index (κ2) is 2.77. The number of likely N-dealkylation sites (tertiary alicyclic amines) is 1. The highest BCUT2D eigenvalue weighted by Gasteiger charge is 2.42. The molecular formula is C7H13FN2O. The van der Waals surface area contributed by atoms with E-state index in [1.54, 1.807) is 0 Å². The van der Waals surface area contributed by atoms with E-state index in [1.165, 1.54) is 0 Å². The van der Waals surface area contributed by atoms with Gasteiger partial charge >= 0.3 is 0 Å². The van der Waals surface area contributed by atoms with E-state index >= 15 is 0 Å². The maximum absolute atomic E-state index is 13.4. The maximum atomic E-state index is 13.4. The molecule has 1 aliphatic rings. The molecule has 0 spiro atoms. The van der Waals surface area contributed by atoms with Crippen molar-refractivity contribution in [2.75, 3.05) is 19.6 Å². The summed E-state index contributed by atoms with van der Waals surface area (Å²) in [5, 5.41) is 0. The van der Waals surface area contributed by atoms with Gasteiger partial charge in [0.25, 0.3) is 5.91 Å². The van der Waals surface area contributed by atoms with Crippen LogP contribution in [0.4, 0.5) is 4.39 Å². The number of rotatable bonds is 2. The minimum atomic E-state index is -1.77. The van der Waals surface area contributed by atoms with Gasteiger partial charge in [0, 0.05) is 19.5 Å². The highest BCUT2D eigenvalue weighted by Crippen LogP contribution is 2.24. The van der Waals surface area contributed by atoms with Crippen molar-refractivity contribution in [3.8, 4) is 0 Å². The second-order valence-electron chi connectivity index (χ2n) is 2.95. The molecule has 0 radical (unpaired) electrons. The summed E-state index contributed by atoms with van der Waals surface area (Å²) in [5.74, 6) is -0.826. The van der Waals surface area contributed by atoms with Gasteiger partial charge in [-0.25, -0.2) is 4.39 Å². The molecule has 4 heteroatoms. The Morgan fingerprint density at radius 2 is 2.45 bits per heavy atom. The molecule has 0 aliphatic carbocycles. The lowest BCUT2D eigenvalue weighted by Crippen LogP contribution is -2.42. The lowest BCUT2D eigenvalue weighted by molar-refractivity contribution is -0.128. The first kappa shape index (κ1) is 8.46. The number of carbonyl (C=O) groups excluding carboxylic acids is 1. The highest BCUT2D eigenvalue weighted by molar-refractivity contribution is 5.84. The minimum Gasteiger partial charge on any atom is -0.367 e. The van der Waals surface area contributed by atoms with Crippen LogP contribution in [-0.4, -0.2) is 36.1 Å². The molecule has 0 aromatic rings. The molecule has 1 atom stereocenters. The molecular weight excluding hydrogens is 147 g/mol. The van der Waals surface area contributed by atoms with E-state index in [-0.39, 0.29) is 13.0 Å². The van der Waals surface area contributed by atoms with E-state index in [9.17, 15) is 9.18 Å². The van der Waals surface area contributed by atoms with Crippen LogP contribution in [0.5, 0.6) is 0 Å². The molecule has 0 aromatic carbocycles. The topological polar surface area (TPSA) is 46.3 Å².